The normalized spacial score (nSPS) is 28.3. The molecule has 0 spiro atoms. The highest BCUT2D eigenvalue weighted by Gasteiger charge is 2.27. The number of rotatable bonds is 4. The summed E-state index contributed by atoms with van der Waals surface area (Å²) in [7, 11) is 0. The van der Waals surface area contributed by atoms with E-state index in [-0.39, 0.29) is 18.5 Å². The summed E-state index contributed by atoms with van der Waals surface area (Å²) in [6.07, 6.45) is 1.67. The molecule has 0 saturated heterocycles. The van der Waals surface area contributed by atoms with Gasteiger partial charge in [0.2, 0.25) is 5.91 Å². The molecule has 5 heteroatoms. The van der Waals surface area contributed by atoms with Crippen molar-refractivity contribution in [1.29, 1.82) is 5.26 Å². The van der Waals surface area contributed by atoms with Gasteiger partial charge in [-0.2, -0.15) is 5.26 Å². The Morgan fingerprint density at radius 2 is 2.43 bits per heavy atom. The van der Waals surface area contributed by atoms with E-state index in [1.807, 2.05) is 0 Å². The van der Waals surface area contributed by atoms with Crippen LogP contribution in [0.5, 0.6) is 0 Å². The predicted molar refractivity (Wildman–Crippen MR) is 49.9 cm³/mol. The van der Waals surface area contributed by atoms with Crippen molar-refractivity contribution in [2.75, 3.05) is 6.54 Å². The van der Waals surface area contributed by atoms with Gasteiger partial charge in [0.15, 0.2) is 0 Å². The zero-order valence-corrected chi connectivity index (χ0v) is 7.94. The third-order valence-electron chi connectivity index (χ3n) is 2.58. The number of carbonyl (C=O) groups is 1. The first kappa shape index (κ1) is 11.0. The van der Waals surface area contributed by atoms with Crippen molar-refractivity contribution < 1.29 is 9.90 Å². The topological polar surface area (TPSA) is 99.1 Å². The fourth-order valence-electron chi connectivity index (χ4n) is 1.72. The van der Waals surface area contributed by atoms with Gasteiger partial charge in [-0.1, -0.05) is 6.42 Å². The van der Waals surface area contributed by atoms with Crippen molar-refractivity contribution in [2.45, 2.75) is 31.4 Å². The third kappa shape index (κ3) is 2.69. The minimum Gasteiger partial charge on any atom is -0.382 e. The fourth-order valence-corrected chi connectivity index (χ4v) is 1.72. The lowest BCUT2D eigenvalue weighted by Gasteiger charge is -2.16. The minimum atomic E-state index is -1.16. The van der Waals surface area contributed by atoms with Crippen LogP contribution in [0.4, 0.5) is 0 Å². The van der Waals surface area contributed by atoms with Crippen molar-refractivity contribution >= 4 is 5.91 Å². The first-order chi connectivity index (χ1) is 6.65. The van der Waals surface area contributed by atoms with Gasteiger partial charge in [0.25, 0.3) is 0 Å². The molecule has 4 N–H and O–H groups in total. The maximum Gasteiger partial charge on any atom is 0.247 e. The van der Waals surface area contributed by atoms with Crippen LogP contribution >= 0.6 is 0 Å². The van der Waals surface area contributed by atoms with E-state index >= 15 is 0 Å². The van der Waals surface area contributed by atoms with Crippen LogP contribution in [0, 0.1) is 17.2 Å². The number of nitrogens with zero attached hydrogens (tertiary/aromatic N) is 1. The second-order valence-corrected chi connectivity index (χ2v) is 3.60. The molecule has 0 bridgehead atoms. The van der Waals surface area contributed by atoms with Crippen molar-refractivity contribution in [3.8, 4) is 6.07 Å². The molecule has 3 unspecified atom stereocenters. The van der Waals surface area contributed by atoms with Gasteiger partial charge in [-0.05, 0) is 12.8 Å². The average Bonchev–Trinajstić information content (AvgIpc) is 2.60. The molecule has 1 amide bonds. The summed E-state index contributed by atoms with van der Waals surface area (Å²) >= 11 is 0. The molecule has 1 saturated carbocycles. The van der Waals surface area contributed by atoms with E-state index in [1.165, 1.54) is 0 Å². The highest BCUT2D eigenvalue weighted by molar-refractivity contribution is 5.78. The lowest BCUT2D eigenvalue weighted by atomic mass is 10.1. The summed E-state index contributed by atoms with van der Waals surface area (Å²) in [6.45, 7) is 0.137. The van der Waals surface area contributed by atoms with Gasteiger partial charge in [-0.15, -0.1) is 0 Å². The highest BCUT2D eigenvalue weighted by atomic mass is 16.3. The molecule has 78 valence electrons. The molecule has 0 radical (unpaired) electrons. The maximum atomic E-state index is 10.5. The molecule has 0 aliphatic heterocycles. The van der Waals surface area contributed by atoms with E-state index in [1.54, 1.807) is 0 Å². The molecule has 3 atom stereocenters. The number of aliphatic hydroxyl groups is 1. The average molecular weight is 197 g/mol. The molecular formula is C9H15N3O2. The molecular weight excluding hydrogens is 182 g/mol. The zero-order valence-electron chi connectivity index (χ0n) is 7.94. The molecule has 14 heavy (non-hydrogen) atoms. The Morgan fingerprint density at radius 1 is 1.71 bits per heavy atom. The Bertz CT molecular complexity index is 249. The minimum absolute atomic E-state index is 0.00456. The monoisotopic (exact) mass is 197 g/mol. The number of hydrogen-bond donors (Lipinski definition) is 3. The number of aliphatic hydroxyl groups excluding tert-OH is 1. The SMILES string of the molecule is N#CC1CCCC1NCC(O)C(N)=O. The second kappa shape index (κ2) is 4.94. The van der Waals surface area contributed by atoms with E-state index in [2.05, 4.69) is 11.4 Å². The van der Waals surface area contributed by atoms with Crippen LogP contribution in [0.15, 0.2) is 0 Å². The highest BCUT2D eigenvalue weighted by Crippen LogP contribution is 2.24. The number of nitrogens with one attached hydrogen (secondary N) is 1. The van der Waals surface area contributed by atoms with Gasteiger partial charge in [0.05, 0.1) is 12.0 Å². The van der Waals surface area contributed by atoms with Crippen LogP contribution < -0.4 is 11.1 Å². The summed E-state index contributed by atoms with van der Waals surface area (Å²) in [6, 6.07) is 2.30. The predicted octanol–water partition coefficient (Wildman–Crippen LogP) is -0.886. The van der Waals surface area contributed by atoms with Crippen LogP contribution in [0.3, 0.4) is 0 Å². The Morgan fingerprint density at radius 3 is 3.00 bits per heavy atom. The smallest absolute Gasteiger partial charge is 0.247 e. The summed E-state index contributed by atoms with van der Waals surface area (Å²) in [5.74, 6) is -0.737. The third-order valence-corrected chi connectivity index (χ3v) is 2.58. The van der Waals surface area contributed by atoms with Crippen LogP contribution in [-0.4, -0.2) is 29.7 Å². The van der Waals surface area contributed by atoms with E-state index in [0.717, 1.165) is 19.3 Å². The number of hydrogen-bond acceptors (Lipinski definition) is 4. The lowest BCUT2D eigenvalue weighted by Crippen LogP contribution is -2.42. The van der Waals surface area contributed by atoms with E-state index in [9.17, 15) is 4.79 Å². The Kier molecular flexibility index (Phi) is 3.86. The first-order valence-corrected chi connectivity index (χ1v) is 4.75. The van der Waals surface area contributed by atoms with Crippen LogP contribution in [-0.2, 0) is 4.79 Å². The Labute approximate surface area is 82.9 Å². The van der Waals surface area contributed by atoms with Crippen molar-refractivity contribution in [1.82, 2.24) is 5.32 Å². The summed E-state index contributed by atoms with van der Waals surface area (Å²) in [5.41, 5.74) is 4.89. The molecule has 0 heterocycles. The van der Waals surface area contributed by atoms with Crippen LogP contribution in [0.1, 0.15) is 19.3 Å². The second-order valence-electron chi connectivity index (χ2n) is 3.60. The van der Waals surface area contributed by atoms with Gasteiger partial charge in [0, 0.05) is 12.6 Å². The van der Waals surface area contributed by atoms with Crippen LogP contribution in [0.2, 0.25) is 0 Å². The molecule has 0 aromatic carbocycles. The van der Waals surface area contributed by atoms with Gasteiger partial charge >= 0.3 is 0 Å². The molecule has 1 aliphatic carbocycles. The molecule has 0 aromatic rings. The van der Waals surface area contributed by atoms with Crippen molar-refractivity contribution in [2.24, 2.45) is 11.7 Å². The largest absolute Gasteiger partial charge is 0.382 e. The number of amides is 1. The molecule has 1 aliphatic rings. The van der Waals surface area contributed by atoms with Gasteiger partial charge < -0.3 is 16.2 Å². The number of carbonyl (C=O) groups excluding carboxylic acids is 1. The molecule has 1 fully saturated rings. The summed E-state index contributed by atoms with van der Waals surface area (Å²) < 4.78 is 0. The van der Waals surface area contributed by atoms with Crippen molar-refractivity contribution in [3.63, 3.8) is 0 Å². The van der Waals surface area contributed by atoms with E-state index in [0.29, 0.717) is 0 Å². The molecule has 1 rings (SSSR count). The lowest BCUT2D eigenvalue weighted by molar-refractivity contribution is -0.125. The standard InChI is InChI=1S/C9H15N3O2/c10-4-6-2-1-3-7(6)12-5-8(13)9(11)14/h6-8,12-13H,1-3,5H2,(H2,11,14). The van der Waals surface area contributed by atoms with Gasteiger partial charge in [-0.25, -0.2) is 0 Å². The van der Waals surface area contributed by atoms with Gasteiger partial charge in [-0.3, -0.25) is 4.79 Å². The van der Waals surface area contributed by atoms with Crippen LogP contribution in [0.25, 0.3) is 0 Å². The Balaban J connectivity index is 2.31. The number of primary amides is 1. The van der Waals surface area contributed by atoms with E-state index < -0.39 is 12.0 Å². The zero-order chi connectivity index (χ0) is 10.6. The Hall–Kier alpha value is -1.12. The number of nitriles is 1. The summed E-state index contributed by atoms with van der Waals surface area (Å²) in [4.78, 5) is 10.5. The maximum absolute atomic E-state index is 10.5. The summed E-state index contributed by atoms with van der Waals surface area (Å²) in [5, 5.41) is 20.9. The van der Waals surface area contributed by atoms with Crippen molar-refractivity contribution in [3.05, 3.63) is 0 Å². The molecule has 0 aromatic heterocycles. The number of nitrogens with two attached hydrogens (primary N) is 1. The first-order valence-electron chi connectivity index (χ1n) is 4.75. The fraction of sp³-hybridized carbons (Fsp3) is 0.778. The molecule has 5 nitrogen and oxygen atoms in total. The quantitative estimate of drug-likeness (QED) is 0.544. The van der Waals surface area contributed by atoms with Gasteiger partial charge in [0.1, 0.15) is 6.10 Å². The van der Waals surface area contributed by atoms with E-state index in [4.69, 9.17) is 16.1 Å².